The Kier molecular flexibility index (Phi) is 5.23. The van der Waals surface area contributed by atoms with E-state index >= 15 is 0 Å². The fourth-order valence-electron chi connectivity index (χ4n) is 2.76. The van der Waals surface area contributed by atoms with Gasteiger partial charge in [-0.15, -0.1) is 0 Å². The lowest BCUT2D eigenvalue weighted by Crippen LogP contribution is -2.30. The molecule has 0 aliphatic carbocycles. The zero-order chi connectivity index (χ0) is 13.7. The fraction of sp³-hybridized carbons (Fsp3) is 0.625. The van der Waals surface area contributed by atoms with E-state index in [2.05, 4.69) is 37.4 Å². The highest BCUT2D eigenvalue weighted by Gasteiger charge is 2.21. The predicted octanol–water partition coefficient (Wildman–Crippen LogP) is 2.96. The monoisotopic (exact) mass is 263 g/mol. The molecule has 1 aliphatic rings. The summed E-state index contributed by atoms with van der Waals surface area (Å²) in [5, 5.41) is 12.6. The Hall–Kier alpha value is -1.06. The highest BCUT2D eigenvalue weighted by atomic mass is 16.5. The van der Waals surface area contributed by atoms with Crippen LogP contribution in [-0.4, -0.2) is 24.4 Å². The second-order valence-corrected chi connectivity index (χ2v) is 5.47. The zero-order valence-electron chi connectivity index (χ0n) is 12.0. The molecule has 3 heteroatoms. The first-order valence-corrected chi connectivity index (χ1v) is 7.31. The molecule has 2 unspecified atom stereocenters. The van der Waals surface area contributed by atoms with E-state index in [0.29, 0.717) is 12.1 Å². The van der Waals surface area contributed by atoms with Crippen LogP contribution in [-0.2, 0) is 0 Å². The second-order valence-electron chi connectivity index (χ2n) is 5.47. The Morgan fingerprint density at radius 1 is 1.47 bits per heavy atom. The van der Waals surface area contributed by atoms with Gasteiger partial charge in [0.1, 0.15) is 5.75 Å². The molecule has 1 heterocycles. The molecule has 1 aromatic carbocycles. The Balaban J connectivity index is 2.11. The van der Waals surface area contributed by atoms with Crippen LogP contribution in [0.5, 0.6) is 5.75 Å². The van der Waals surface area contributed by atoms with Gasteiger partial charge in [0.25, 0.3) is 0 Å². The molecule has 0 spiro atoms. The third-order valence-corrected chi connectivity index (χ3v) is 3.78. The van der Waals surface area contributed by atoms with Gasteiger partial charge in [-0.1, -0.05) is 18.2 Å². The molecule has 2 rings (SSSR count). The largest absolute Gasteiger partial charge is 0.493 e. The number of nitrogens with one attached hydrogen (secondary N) is 1. The van der Waals surface area contributed by atoms with E-state index in [1.165, 1.54) is 11.1 Å². The molecule has 2 N–H and O–H groups in total. The summed E-state index contributed by atoms with van der Waals surface area (Å²) in [6.45, 7) is 5.38. The van der Waals surface area contributed by atoms with Crippen molar-refractivity contribution < 1.29 is 9.84 Å². The first-order valence-electron chi connectivity index (χ1n) is 7.31. The zero-order valence-corrected chi connectivity index (χ0v) is 12.0. The van der Waals surface area contributed by atoms with Crippen LogP contribution >= 0.6 is 0 Å². The van der Waals surface area contributed by atoms with Crippen molar-refractivity contribution in [1.29, 1.82) is 0 Å². The molecule has 19 heavy (non-hydrogen) atoms. The smallest absolute Gasteiger partial charge is 0.126 e. The number of rotatable bonds is 5. The minimum Gasteiger partial charge on any atom is -0.493 e. The average molecular weight is 263 g/mol. The summed E-state index contributed by atoms with van der Waals surface area (Å²) < 4.78 is 5.89. The van der Waals surface area contributed by atoms with E-state index in [9.17, 15) is 0 Å². The van der Waals surface area contributed by atoms with Crippen molar-refractivity contribution in [2.75, 3.05) is 13.2 Å². The number of aryl methyl sites for hydroxylation is 1. The van der Waals surface area contributed by atoms with Crippen LogP contribution in [0.2, 0.25) is 0 Å². The Labute approximate surface area is 116 Å². The number of para-hydroxylation sites is 1. The number of fused-ring (bicyclic) bond motifs is 1. The van der Waals surface area contributed by atoms with Crippen molar-refractivity contribution in [2.24, 2.45) is 0 Å². The molecule has 106 valence electrons. The van der Waals surface area contributed by atoms with Crippen molar-refractivity contribution >= 4 is 0 Å². The number of hydrogen-bond acceptors (Lipinski definition) is 3. The summed E-state index contributed by atoms with van der Waals surface area (Å²) in [5.74, 6) is 1.06. The van der Waals surface area contributed by atoms with Crippen LogP contribution in [0.15, 0.2) is 18.2 Å². The minimum atomic E-state index is 0.273. The maximum Gasteiger partial charge on any atom is 0.126 e. The van der Waals surface area contributed by atoms with Gasteiger partial charge in [0.15, 0.2) is 0 Å². The molecular weight excluding hydrogens is 238 g/mol. The quantitative estimate of drug-likeness (QED) is 0.858. The van der Waals surface area contributed by atoms with Crippen molar-refractivity contribution in [1.82, 2.24) is 5.32 Å². The molecule has 0 saturated carbocycles. The van der Waals surface area contributed by atoms with Gasteiger partial charge < -0.3 is 15.2 Å². The van der Waals surface area contributed by atoms with Crippen LogP contribution in [0, 0.1) is 6.92 Å². The molecule has 0 bridgehead atoms. The molecule has 0 aromatic heterocycles. The maximum absolute atomic E-state index is 8.91. The summed E-state index contributed by atoms with van der Waals surface area (Å²) in [7, 11) is 0. The van der Waals surface area contributed by atoms with Crippen molar-refractivity contribution in [3.63, 3.8) is 0 Å². The third-order valence-electron chi connectivity index (χ3n) is 3.78. The SMILES string of the molecule is Cc1cccc2c1OCCCC2NC(C)CCCO. The third kappa shape index (κ3) is 3.71. The van der Waals surface area contributed by atoms with Crippen LogP contribution in [0.25, 0.3) is 0 Å². The van der Waals surface area contributed by atoms with Crippen LogP contribution in [0.4, 0.5) is 0 Å². The molecule has 0 fully saturated rings. The Morgan fingerprint density at radius 3 is 3.11 bits per heavy atom. The first-order chi connectivity index (χ1) is 9.22. The van der Waals surface area contributed by atoms with E-state index in [1.807, 2.05) is 0 Å². The van der Waals surface area contributed by atoms with Gasteiger partial charge in [-0.25, -0.2) is 0 Å². The van der Waals surface area contributed by atoms with E-state index < -0.39 is 0 Å². The topological polar surface area (TPSA) is 41.5 Å². The van der Waals surface area contributed by atoms with E-state index in [-0.39, 0.29) is 6.61 Å². The van der Waals surface area contributed by atoms with Crippen molar-refractivity contribution in [3.05, 3.63) is 29.3 Å². The number of ether oxygens (including phenoxy) is 1. The predicted molar refractivity (Wildman–Crippen MR) is 77.6 cm³/mol. The molecule has 0 radical (unpaired) electrons. The molecule has 3 nitrogen and oxygen atoms in total. The van der Waals surface area contributed by atoms with Crippen LogP contribution in [0.3, 0.4) is 0 Å². The van der Waals surface area contributed by atoms with E-state index in [0.717, 1.165) is 38.0 Å². The fourth-order valence-corrected chi connectivity index (χ4v) is 2.76. The van der Waals surface area contributed by atoms with Gasteiger partial charge in [0.05, 0.1) is 6.61 Å². The van der Waals surface area contributed by atoms with E-state index in [4.69, 9.17) is 9.84 Å². The minimum absolute atomic E-state index is 0.273. The molecule has 0 amide bonds. The van der Waals surface area contributed by atoms with Gasteiger partial charge in [-0.3, -0.25) is 0 Å². The molecule has 1 aliphatic heterocycles. The Morgan fingerprint density at radius 2 is 2.32 bits per heavy atom. The number of benzene rings is 1. The van der Waals surface area contributed by atoms with Crippen molar-refractivity contribution in [3.8, 4) is 5.75 Å². The number of hydrogen-bond donors (Lipinski definition) is 2. The number of aliphatic hydroxyl groups excluding tert-OH is 1. The van der Waals surface area contributed by atoms with Crippen LogP contribution < -0.4 is 10.1 Å². The lowest BCUT2D eigenvalue weighted by atomic mass is 9.98. The molecule has 0 saturated heterocycles. The summed E-state index contributed by atoms with van der Waals surface area (Å²) in [5.41, 5.74) is 2.50. The van der Waals surface area contributed by atoms with E-state index in [1.54, 1.807) is 0 Å². The van der Waals surface area contributed by atoms with Gasteiger partial charge in [-0.05, 0) is 45.1 Å². The Bertz CT molecular complexity index is 406. The summed E-state index contributed by atoms with van der Waals surface area (Å²) in [6, 6.07) is 7.17. The molecule has 2 atom stereocenters. The highest BCUT2D eigenvalue weighted by Crippen LogP contribution is 2.34. The van der Waals surface area contributed by atoms with Gasteiger partial charge in [0.2, 0.25) is 0 Å². The normalized spacial score (nSPS) is 20.3. The van der Waals surface area contributed by atoms with Gasteiger partial charge in [0, 0.05) is 24.3 Å². The van der Waals surface area contributed by atoms with Crippen molar-refractivity contribution in [2.45, 2.75) is 51.6 Å². The lowest BCUT2D eigenvalue weighted by molar-refractivity contribution is 0.272. The highest BCUT2D eigenvalue weighted by molar-refractivity contribution is 5.43. The van der Waals surface area contributed by atoms with Crippen LogP contribution in [0.1, 0.15) is 49.8 Å². The molecule has 1 aromatic rings. The maximum atomic E-state index is 8.91. The second kappa shape index (κ2) is 6.92. The average Bonchev–Trinajstić information content (AvgIpc) is 2.60. The van der Waals surface area contributed by atoms with Gasteiger partial charge >= 0.3 is 0 Å². The summed E-state index contributed by atoms with van der Waals surface area (Å²) >= 11 is 0. The lowest BCUT2D eigenvalue weighted by Gasteiger charge is -2.23. The summed E-state index contributed by atoms with van der Waals surface area (Å²) in [4.78, 5) is 0. The first kappa shape index (κ1) is 14.4. The standard InChI is InChI=1S/C16H25NO2/c1-12-6-3-8-14-15(9-5-11-19-16(12)14)17-13(2)7-4-10-18/h3,6,8,13,15,17-18H,4-5,7,9-11H2,1-2H3. The summed E-state index contributed by atoms with van der Waals surface area (Å²) in [6.07, 6.45) is 4.06. The molecular formula is C16H25NO2. The van der Waals surface area contributed by atoms with Gasteiger partial charge in [-0.2, -0.15) is 0 Å². The number of aliphatic hydroxyl groups is 1.